The number of oxazole rings is 1. The van der Waals surface area contributed by atoms with Crippen molar-refractivity contribution in [3.05, 3.63) is 41.3 Å². The van der Waals surface area contributed by atoms with Gasteiger partial charge in [-0.2, -0.15) is 0 Å². The van der Waals surface area contributed by atoms with Crippen LogP contribution in [0, 0.1) is 18.8 Å². The summed E-state index contributed by atoms with van der Waals surface area (Å²) in [5, 5.41) is 19.8. The van der Waals surface area contributed by atoms with E-state index < -0.39 is 11.8 Å². The number of aromatic nitrogens is 1. The quantitative estimate of drug-likeness (QED) is 0.543. The van der Waals surface area contributed by atoms with E-state index in [1.807, 2.05) is 0 Å². The fourth-order valence-electron chi connectivity index (χ4n) is 2.68. The number of hydrogen-bond acceptors (Lipinski definition) is 6. The first kappa shape index (κ1) is 17.2. The predicted molar refractivity (Wildman–Crippen MR) is 89.9 cm³/mol. The molecule has 25 heavy (non-hydrogen) atoms. The number of aliphatic hydroxyl groups is 2. The van der Waals surface area contributed by atoms with Crippen LogP contribution in [0.25, 0.3) is 11.5 Å². The summed E-state index contributed by atoms with van der Waals surface area (Å²) in [6.07, 6.45) is -0.925. The number of aliphatic hydroxyl groups excluding tert-OH is 1. The Morgan fingerprint density at radius 1 is 1.48 bits per heavy atom. The number of carbonyl (C=O) groups is 1. The molecule has 2 aromatic rings. The van der Waals surface area contributed by atoms with Gasteiger partial charge in [-0.3, -0.25) is 4.79 Å². The molecular weight excluding hydrogens is 322 g/mol. The maximum atomic E-state index is 12.0. The van der Waals surface area contributed by atoms with Gasteiger partial charge in [0.25, 0.3) is 5.91 Å². The Hall–Kier alpha value is -2.66. The molecule has 7 heteroatoms. The normalized spacial score (nSPS) is 21.2. The Kier molecular flexibility index (Phi) is 4.35. The fraction of sp³-hybridized carbons (Fsp3) is 0.333. The van der Waals surface area contributed by atoms with E-state index in [2.05, 4.69) is 16.8 Å². The molecule has 2 heterocycles. The minimum atomic E-state index is -1.64. The van der Waals surface area contributed by atoms with Gasteiger partial charge in [0.1, 0.15) is 17.7 Å². The SMILES string of the molecule is Cc1oc(-c2cccc(C#C[C@]3(O)CCN(C)C3=O)c2)nc1C(N)O. The Morgan fingerprint density at radius 3 is 2.84 bits per heavy atom. The van der Waals surface area contributed by atoms with Crippen molar-refractivity contribution in [2.24, 2.45) is 5.73 Å². The van der Waals surface area contributed by atoms with E-state index in [4.69, 9.17) is 10.2 Å². The zero-order valence-corrected chi connectivity index (χ0v) is 14.0. The molecule has 1 saturated heterocycles. The van der Waals surface area contributed by atoms with Crippen LogP contribution in [0.15, 0.2) is 28.7 Å². The first-order chi connectivity index (χ1) is 11.8. The summed E-state index contributed by atoms with van der Waals surface area (Å²) in [6, 6.07) is 7.05. The molecule has 1 aliphatic heterocycles. The smallest absolute Gasteiger partial charge is 0.267 e. The maximum absolute atomic E-state index is 12.0. The molecule has 1 amide bonds. The molecule has 1 aromatic heterocycles. The van der Waals surface area contributed by atoms with Gasteiger partial charge >= 0.3 is 0 Å². The van der Waals surface area contributed by atoms with Crippen molar-refractivity contribution in [3.63, 3.8) is 0 Å². The molecule has 1 aromatic carbocycles. The van der Waals surface area contributed by atoms with Gasteiger partial charge in [0.15, 0.2) is 0 Å². The lowest BCUT2D eigenvalue weighted by Crippen LogP contribution is -2.37. The van der Waals surface area contributed by atoms with Crippen molar-refractivity contribution in [1.29, 1.82) is 0 Å². The summed E-state index contributed by atoms with van der Waals surface area (Å²) in [5.74, 6) is 5.88. The molecular formula is C18H19N3O4. The van der Waals surface area contributed by atoms with Gasteiger partial charge in [-0.1, -0.05) is 17.9 Å². The largest absolute Gasteiger partial charge is 0.441 e. The van der Waals surface area contributed by atoms with Crippen LogP contribution in [-0.4, -0.2) is 45.2 Å². The number of carbonyl (C=O) groups excluding carboxylic acids is 1. The number of rotatable bonds is 2. The molecule has 0 bridgehead atoms. The molecule has 0 saturated carbocycles. The highest BCUT2D eigenvalue weighted by molar-refractivity contribution is 5.90. The van der Waals surface area contributed by atoms with E-state index in [0.717, 1.165) is 0 Å². The highest BCUT2D eigenvalue weighted by Gasteiger charge is 2.42. The molecule has 0 radical (unpaired) electrons. The number of likely N-dealkylation sites (tertiary alicyclic amines) is 1. The summed E-state index contributed by atoms with van der Waals surface area (Å²) in [5.41, 5.74) is 5.35. The lowest BCUT2D eigenvalue weighted by atomic mass is 10.0. The van der Waals surface area contributed by atoms with Crippen molar-refractivity contribution < 1.29 is 19.4 Å². The zero-order chi connectivity index (χ0) is 18.2. The summed E-state index contributed by atoms with van der Waals surface area (Å²) in [4.78, 5) is 17.6. The van der Waals surface area contributed by atoms with Crippen molar-refractivity contribution in [3.8, 4) is 23.3 Å². The number of hydrogen-bond donors (Lipinski definition) is 3. The molecule has 1 aliphatic rings. The molecule has 1 fully saturated rings. The molecule has 1 unspecified atom stereocenters. The van der Waals surface area contributed by atoms with Crippen LogP contribution in [0.4, 0.5) is 0 Å². The number of aryl methyl sites for hydroxylation is 1. The van der Waals surface area contributed by atoms with Gasteiger partial charge in [-0.25, -0.2) is 4.98 Å². The first-order valence-electron chi connectivity index (χ1n) is 7.83. The van der Waals surface area contributed by atoms with Crippen LogP contribution in [0.1, 0.15) is 29.7 Å². The lowest BCUT2D eigenvalue weighted by molar-refractivity contribution is -0.137. The highest BCUT2D eigenvalue weighted by Crippen LogP contribution is 2.25. The Labute approximate surface area is 145 Å². The summed E-state index contributed by atoms with van der Waals surface area (Å²) < 4.78 is 5.54. The van der Waals surface area contributed by atoms with Crippen LogP contribution >= 0.6 is 0 Å². The van der Waals surface area contributed by atoms with Gasteiger partial charge < -0.3 is 25.3 Å². The number of amides is 1. The number of nitrogens with zero attached hydrogens (tertiary/aromatic N) is 2. The minimum Gasteiger partial charge on any atom is -0.441 e. The molecule has 2 atom stereocenters. The van der Waals surface area contributed by atoms with Crippen LogP contribution in [0.5, 0.6) is 0 Å². The second kappa shape index (κ2) is 6.33. The standard InChI is InChI=1S/C18H19N3O4/c1-11-14(15(19)22)20-16(25-11)13-5-3-4-12(10-13)6-7-18(24)8-9-21(2)17(18)23/h3-5,10,15,22,24H,8-9,19H2,1-2H3/t15?,18-/m0/s1. The van der Waals surface area contributed by atoms with Gasteiger partial charge in [0, 0.05) is 31.1 Å². The number of nitrogens with two attached hydrogens (primary N) is 1. The van der Waals surface area contributed by atoms with Crippen LogP contribution < -0.4 is 5.73 Å². The third-order valence-electron chi connectivity index (χ3n) is 4.15. The van der Waals surface area contributed by atoms with E-state index in [1.165, 1.54) is 4.90 Å². The highest BCUT2D eigenvalue weighted by atomic mass is 16.4. The van der Waals surface area contributed by atoms with Gasteiger partial charge in [0.2, 0.25) is 11.5 Å². The van der Waals surface area contributed by atoms with Crippen molar-refractivity contribution in [1.82, 2.24) is 9.88 Å². The average molecular weight is 341 g/mol. The summed E-state index contributed by atoms with van der Waals surface area (Å²) in [7, 11) is 1.64. The Balaban J connectivity index is 1.90. The van der Waals surface area contributed by atoms with Crippen LogP contribution in [0.3, 0.4) is 0 Å². The van der Waals surface area contributed by atoms with E-state index in [9.17, 15) is 15.0 Å². The topological polar surface area (TPSA) is 113 Å². The molecule has 3 rings (SSSR count). The second-order valence-corrected chi connectivity index (χ2v) is 6.07. The van der Waals surface area contributed by atoms with E-state index >= 15 is 0 Å². The minimum absolute atomic E-state index is 0.278. The Morgan fingerprint density at radius 2 is 2.24 bits per heavy atom. The molecule has 7 nitrogen and oxygen atoms in total. The number of likely N-dealkylation sites (N-methyl/N-ethyl adjacent to an activating group) is 1. The predicted octanol–water partition coefficient (Wildman–Crippen LogP) is 0.544. The van der Waals surface area contributed by atoms with E-state index in [0.29, 0.717) is 29.3 Å². The average Bonchev–Trinajstić information content (AvgIpc) is 3.10. The van der Waals surface area contributed by atoms with Gasteiger partial charge in [-0.15, -0.1) is 0 Å². The van der Waals surface area contributed by atoms with E-state index in [-0.39, 0.29) is 18.0 Å². The zero-order valence-electron chi connectivity index (χ0n) is 14.0. The third-order valence-corrected chi connectivity index (χ3v) is 4.15. The number of benzene rings is 1. The maximum Gasteiger partial charge on any atom is 0.267 e. The molecule has 130 valence electrons. The molecule has 4 N–H and O–H groups in total. The van der Waals surface area contributed by atoms with E-state index in [1.54, 1.807) is 38.2 Å². The monoisotopic (exact) mass is 341 g/mol. The van der Waals surface area contributed by atoms with Gasteiger partial charge in [0.05, 0.1) is 0 Å². The molecule has 0 spiro atoms. The molecule has 0 aliphatic carbocycles. The summed E-state index contributed by atoms with van der Waals surface area (Å²) in [6.45, 7) is 2.15. The lowest BCUT2D eigenvalue weighted by Gasteiger charge is -2.13. The Bertz CT molecular complexity index is 878. The van der Waals surface area contributed by atoms with Crippen LogP contribution in [-0.2, 0) is 4.79 Å². The fourth-order valence-corrected chi connectivity index (χ4v) is 2.68. The van der Waals surface area contributed by atoms with Crippen molar-refractivity contribution >= 4 is 5.91 Å². The van der Waals surface area contributed by atoms with Gasteiger partial charge in [-0.05, 0) is 25.1 Å². The summed E-state index contributed by atoms with van der Waals surface area (Å²) >= 11 is 0. The van der Waals surface area contributed by atoms with Crippen molar-refractivity contribution in [2.75, 3.05) is 13.6 Å². The van der Waals surface area contributed by atoms with Crippen molar-refractivity contribution in [2.45, 2.75) is 25.2 Å². The second-order valence-electron chi connectivity index (χ2n) is 6.07. The first-order valence-corrected chi connectivity index (χ1v) is 7.83. The van der Waals surface area contributed by atoms with Crippen LogP contribution in [0.2, 0.25) is 0 Å². The third kappa shape index (κ3) is 3.28.